The zero-order valence-electron chi connectivity index (χ0n) is 17.3. The highest BCUT2D eigenvalue weighted by Gasteiger charge is 2.32. The molecule has 1 aliphatic carbocycles. The molecule has 0 radical (unpaired) electrons. The van der Waals surface area contributed by atoms with Crippen LogP contribution in [0.3, 0.4) is 0 Å². The smallest absolute Gasteiger partial charge is 0.226 e. The van der Waals surface area contributed by atoms with Crippen molar-refractivity contribution >= 4 is 56.1 Å². The maximum Gasteiger partial charge on any atom is 0.226 e. The average Bonchev–Trinajstić information content (AvgIpc) is 3.43. The predicted octanol–water partition coefficient (Wildman–Crippen LogP) is 3.70. The molecule has 0 saturated carbocycles. The van der Waals surface area contributed by atoms with Crippen molar-refractivity contribution in [2.75, 3.05) is 31.6 Å². The Morgan fingerprint density at radius 3 is 3.03 bits per heavy atom. The Balaban J connectivity index is 1.32. The number of ether oxygens (including phenoxy) is 1. The molecular weight excluding hydrogens is 448 g/mol. The van der Waals surface area contributed by atoms with E-state index in [2.05, 4.69) is 20.4 Å². The number of hydrogen-bond acceptors (Lipinski definition) is 7. The summed E-state index contributed by atoms with van der Waals surface area (Å²) in [5, 5.41) is 9.24. The van der Waals surface area contributed by atoms with E-state index in [4.69, 9.17) is 16.3 Å². The second-order valence-electron chi connectivity index (χ2n) is 8.14. The number of aromatic nitrogens is 4. The number of anilines is 2. The Morgan fingerprint density at radius 1 is 1.28 bits per heavy atom. The first-order valence-corrected chi connectivity index (χ1v) is 11.9. The standard InChI is InChI=1S/C22H21ClN6O2S/c23-16-11-29-14(3-4-26-29)10-17(16)27-20-19-15-2-1-13(22(30)28-5-7-31-8-6-28)9-18(15)32-21(19)25-12-24-20/h3-4,10-13H,1-2,5-9H2,(H,24,25,27). The van der Waals surface area contributed by atoms with Crippen molar-refractivity contribution in [1.29, 1.82) is 0 Å². The summed E-state index contributed by atoms with van der Waals surface area (Å²) in [5.74, 6) is 1.02. The van der Waals surface area contributed by atoms with E-state index < -0.39 is 0 Å². The van der Waals surface area contributed by atoms with Crippen LogP contribution in [0.2, 0.25) is 5.02 Å². The van der Waals surface area contributed by atoms with E-state index in [-0.39, 0.29) is 11.8 Å². The number of morpholine rings is 1. The van der Waals surface area contributed by atoms with Crippen LogP contribution in [0.25, 0.3) is 15.7 Å². The number of rotatable bonds is 3. The molecule has 0 bridgehead atoms. The maximum absolute atomic E-state index is 13.0. The van der Waals surface area contributed by atoms with Crippen molar-refractivity contribution in [1.82, 2.24) is 24.5 Å². The van der Waals surface area contributed by atoms with E-state index in [1.165, 1.54) is 10.4 Å². The summed E-state index contributed by atoms with van der Waals surface area (Å²) >= 11 is 8.16. The monoisotopic (exact) mass is 468 g/mol. The van der Waals surface area contributed by atoms with E-state index in [1.807, 2.05) is 17.0 Å². The average molecular weight is 469 g/mol. The summed E-state index contributed by atoms with van der Waals surface area (Å²) in [5.41, 5.74) is 2.97. The third kappa shape index (κ3) is 3.41. The molecule has 8 nitrogen and oxygen atoms in total. The number of nitrogens with one attached hydrogen (secondary N) is 1. The first kappa shape index (κ1) is 19.9. The highest BCUT2D eigenvalue weighted by Crippen LogP contribution is 2.41. The third-order valence-corrected chi connectivity index (χ3v) is 7.72. The molecule has 164 valence electrons. The molecule has 1 fully saturated rings. The zero-order chi connectivity index (χ0) is 21.7. The molecule has 1 atom stereocenters. The van der Waals surface area contributed by atoms with Crippen molar-refractivity contribution in [2.45, 2.75) is 19.3 Å². The van der Waals surface area contributed by atoms with Crippen LogP contribution >= 0.6 is 22.9 Å². The summed E-state index contributed by atoms with van der Waals surface area (Å²) in [6.45, 7) is 2.64. The normalized spacial score (nSPS) is 18.8. The minimum Gasteiger partial charge on any atom is -0.378 e. The number of fused-ring (bicyclic) bond motifs is 4. The van der Waals surface area contributed by atoms with Crippen molar-refractivity contribution in [2.24, 2.45) is 5.92 Å². The Morgan fingerprint density at radius 2 is 2.16 bits per heavy atom. The van der Waals surface area contributed by atoms with E-state index in [1.54, 1.807) is 34.6 Å². The molecule has 4 aromatic heterocycles. The van der Waals surface area contributed by atoms with Gasteiger partial charge in [-0.1, -0.05) is 11.6 Å². The van der Waals surface area contributed by atoms with Crippen LogP contribution in [0.5, 0.6) is 0 Å². The molecule has 4 aromatic rings. The lowest BCUT2D eigenvalue weighted by molar-refractivity contribution is -0.140. The second-order valence-corrected chi connectivity index (χ2v) is 9.64. The SMILES string of the molecule is O=C(C1CCc2c(sc3ncnc(Nc4cc5ccnn5cc4Cl)c23)C1)N1CCOCC1. The Labute approximate surface area is 193 Å². The molecule has 1 aliphatic heterocycles. The summed E-state index contributed by atoms with van der Waals surface area (Å²) in [6, 6.07) is 3.88. The molecular formula is C22H21ClN6O2S. The van der Waals surface area contributed by atoms with Crippen LogP contribution in [0.4, 0.5) is 11.5 Å². The van der Waals surface area contributed by atoms with Gasteiger partial charge in [-0.25, -0.2) is 14.5 Å². The van der Waals surface area contributed by atoms with Gasteiger partial charge in [-0.3, -0.25) is 4.79 Å². The summed E-state index contributed by atoms with van der Waals surface area (Å²) < 4.78 is 7.13. The second kappa shape index (κ2) is 7.99. The van der Waals surface area contributed by atoms with E-state index in [9.17, 15) is 4.79 Å². The molecule has 5 heterocycles. The van der Waals surface area contributed by atoms with Crippen LogP contribution in [0.15, 0.2) is 30.9 Å². The molecule has 1 amide bonds. The van der Waals surface area contributed by atoms with E-state index in [0.717, 1.165) is 46.5 Å². The van der Waals surface area contributed by atoms with Gasteiger partial charge < -0.3 is 15.0 Å². The fraction of sp³-hybridized carbons (Fsp3) is 0.364. The number of aryl methyl sites for hydroxylation is 1. The number of nitrogens with zero attached hydrogens (tertiary/aromatic N) is 5. The van der Waals surface area contributed by atoms with Gasteiger partial charge in [0.25, 0.3) is 0 Å². The van der Waals surface area contributed by atoms with Gasteiger partial charge in [0.1, 0.15) is 17.0 Å². The van der Waals surface area contributed by atoms with Crippen molar-refractivity contribution in [3.05, 3.63) is 46.3 Å². The fourth-order valence-electron chi connectivity index (χ4n) is 4.62. The lowest BCUT2D eigenvalue weighted by Gasteiger charge is -2.31. The third-order valence-electron chi connectivity index (χ3n) is 6.26. The van der Waals surface area contributed by atoms with Gasteiger partial charge in [-0.15, -0.1) is 11.3 Å². The molecule has 1 unspecified atom stereocenters. The zero-order valence-corrected chi connectivity index (χ0v) is 18.8. The number of pyridine rings is 1. The van der Waals surface area contributed by atoms with Crippen LogP contribution in [-0.4, -0.2) is 56.7 Å². The minimum absolute atomic E-state index is 0.0248. The highest BCUT2D eigenvalue weighted by molar-refractivity contribution is 7.19. The predicted molar refractivity (Wildman–Crippen MR) is 124 cm³/mol. The molecule has 2 aliphatic rings. The number of carbonyl (C=O) groups excluding carboxylic acids is 1. The van der Waals surface area contributed by atoms with Gasteiger partial charge in [0, 0.05) is 36.3 Å². The summed E-state index contributed by atoms with van der Waals surface area (Å²) in [4.78, 5) is 26.2. The van der Waals surface area contributed by atoms with E-state index in [0.29, 0.717) is 31.3 Å². The van der Waals surface area contributed by atoms with Crippen LogP contribution in [0.1, 0.15) is 16.9 Å². The van der Waals surface area contributed by atoms with Crippen LogP contribution in [0, 0.1) is 5.92 Å². The first-order chi connectivity index (χ1) is 15.7. The minimum atomic E-state index is 0.0248. The summed E-state index contributed by atoms with van der Waals surface area (Å²) in [7, 11) is 0. The quantitative estimate of drug-likeness (QED) is 0.493. The topological polar surface area (TPSA) is 84.7 Å². The lowest BCUT2D eigenvalue weighted by atomic mass is 9.86. The number of amides is 1. The Kier molecular flexibility index (Phi) is 4.97. The molecule has 6 rings (SSSR count). The van der Waals surface area contributed by atoms with Crippen molar-refractivity contribution < 1.29 is 9.53 Å². The number of thiophene rings is 1. The highest BCUT2D eigenvalue weighted by atomic mass is 35.5. The molecule has 0 spiro atoms. The molecule has 0 aromatic carbocycles. The largest absolute Gasteiger partial charge is 0.378 e. The molecule has 1 N–H and O–H groups in total. The molecule has 32 heavy (non-hydrogen) atoms. The summed E-state index contributed by atoms with van der Waals surface area (Å²) in [6.07, 6.45) is 7.53. The van der Waals surface area contributed by atoms with Gasteiger partial charge in [0.05, 0.1) is 34.8 Å². The van der Waals surface area contributed by atoms with Gasteiger partial charge in [-0.2, -0.15) is 5.10 Å². The van der Waals surface area contributed by atoms with Crippen LogP contribution < -0.4 is 5.32 Å². The van der Waals surface area contributed by atoms with Gasteiger partial charge in [0.2, 0.25) is 5.91 Å². The Bertz CT molecular complexity index is 1330. The number of hydrogen-bond donors (Lipinski definition) is 1. The van der Waals surface area contributed by atoms with Crippen molar-refractivity contribution in [3.8, 4) is 0 Å². The van der Waals surface area contributed by atoms with Gasteiger partial charge >= 0.3 is 0 Å². The van der Waals surface area contributed by atoms with Crippen LogP contribution in [-0.2, 0) is 22.4 Å². The molecule has 1 saturated heterocycles. The van der Waals surface area contributed by atoms with Crippen molar-refractivity contribution in [3.63, 3.8) is 0 Å². The van der Waals surface area contributed by atoms with Gasteiger partial charge in [-0.05, 0) is 37.0 Å². The lowest BCUT2D eigenvalue weighted by Crippen LogP contribution is -2.44. The fourth-order valence-corrected chi connectivity index (χ4v) is 6.08. The number of halogens is 1. The van der Waals surface area contributed by atoms with E-state index >= 15 is 0 Å². The number of carbonyl (C=O) groups is 1. The van der Waals surface area contributed by atoms with Gasteiger partial charge in [0.15, 0.2) is 0 Å². The Hall–Kier alpha value is -2.75. The first-order valence-electron chi connectivity index (χ1n) is 10.7. The molecule has 10 heteroatoms. The maximum atomic E-state index is 13.0.